The average Bonchev–Trinajstić information content (AvgIpc) is 2.90. The van der Waals surface area contributed by atoms with Crippen molar-refractivity contribution >= 4 is 5.97 Å². The van der Waals surface area contributed by atoms with Crippen LogP contribution < -0.4 is 0 Å². The van der Waals surface area contributed by atoms with Gasteiger partial charge in [-0.2, -0.15) is 0 Å². The van der Waals surface area contributed by atoms with Crippen LogP contribution in [0, 0.1) is 0 Å². The molecule has 0 saturated carbocycles. The van der Waals surface area contributed by atoms with Crippen LogP contribution in [0.2, 0.25) is 0 Å². The lowest BCUT2D eigenvalue weighted by Crippen LogP contribution is -2.03. The largest absolute Gasteiger partial charge is 0.475 e. The van der Waals surface area contributed by atoms with Crippen LogP contribution in [0.1, 0.15) is 47.0 Å². The first-order valence-corrected chi connectivity index (χ1v) is 7.04. The van der Waals surface area contributed by atoms with Gasteiger partial charge in [-0.1, -0.05) is 24.2 Å². The molecule has 0 bridgehead atoms. The number of hydrogen-bond acceptors (Lipinski definition) is 3. The fraction of sp³-hybridized carbons (Fsp3) is 0.375. The van der Waals surface area contributed by atoms with E-state index < -0.39 is 5.97 Å². The van der Waals surface area contributed by atoms with E-state index in [1.54, 1.807) is 0 Å². The Balaban J connectivity index is 2.07. The second-order valence-corrected chi connectivity index (χ2v) is 5.19. The summed E-state index contributed by atoms with van der Waals surface area (Å²) < 4.78 is 5.00. The van der Waals surface area contributed by atoms with E-state index in [1.165, 1.54) is 24.0 Å². The number of hydrogen-bond donors (Lipinski definition) is 1. The van der Waals surface area contributed by atoms with Gasteiger partial charge in [-0.25, -0.2) is 4.79 Å². The fourth-order valence-corrected chi connectivity index (χ4v) is 2.91. The minimum absolute atomic E-state index is 0.0415. The molecule has 1 aliphatic carbocycles. The predicted molar refractivity (Wildman–Crippen MR) is 74.9 cm³/mol. The average molecular weight is 271 g/mol. The van der Waals surface area contributed by atoms with Gasteiger partial charge in [0.1, 0.15) is 5.69 Å². The molecule has 1 aromatic heterocycles. The highest BCUT2D eigenvalue weighted by Crippen LogP contribution is 2.30. The Morgan fingerprint density at radius 1 is 1.30 bits per heavy atom. The van der Waals surface area contributed by atoms with E-state index in [-0.39, 0.29) is 5.76 Å². The highest BCUT2D eigenvalue weighted by atomic mass is 16.5. The van der Waals surface area contributed by atoms with Crippen molar-refractivity contribution in [3.8, 4) is 11.3 Å². The summed E-state index contributed by atoms with van der Waals surface area (Å²) in [6, 6.07) is 6.29. The number of aromatic nitrogens is 1. The molecule has 0 saturated heterocycles. The van der Waals surface area contributed by atoms with Crippen LogP contribution in [-0.4, -0.2) is 16.2 Å². The molecule has 0 atom stereocenters. The lowest BCUT2D eigenvalue weighted by Gasteiger charge is -2.16. The molecule has 0 amide bonds. The van der Waals surface area contributed by atoms with Crippen LogP contribution in [-0.2, 0) is 19.3 Å². The zero-order valence-corrected chi connectivity index (χ0v) is 11.5. The lowest BCUT2D eigenvalue weighted by molar-refractivity contribution is 0.0650. The van der Waals surface area contributed by atoms with E-state index in [2.05, 4.69) is 17.3 Å². The summed E-state index contributed by atoms with van der Waals surface area (Å²) in [6.45, 7) is 1.92. The summed E-state index contributed by atoms with van der Waals surface area (Å²) >= 11 is 0. The number of nitrogens with zero attached hydrogens (tertiary/aromatic N) is 1. The van der Waals surface area contributed by atoms with Gasteiger partial charge in [-0.05, 0) is 49.3 Å². The summed E-state index contributed by atoms with van der Waals surface area (Å²) in [5.74, 6) is -1.10. The van der Waals surface area contributed by atoms with Crippen LogP contribution >= 0.6 is 0 Å². The Labute approximate surface area is 117 Å². The van der Waals surface area contributed by atoms with E-state index in [9.17, 15) is 4.79 Å². The molecule has 1 aromatic carbocycles. The summed E-state index contributed by atoms with van der Waals surface area (Å²) in [5.41, 5.74) is 5.06. The van der Waals surface area contributed by atoms with Gasteiger partial charge < -0.3 is 9.63 Å². The molecule has 1 aliphatic rings. The number of carbonyl (C=O) groups is 1. The first-order valence-electron chi connectivity index (χ1n) is 7.04. The van der Waals surface area contributed by atoms with Crippen molar-refractivity contribution in [2.24, 2.45) is 0 Å². The van der Waals surface area contributed by atoms with Gasteiger partial charge in [0, 0.05) is 11.1 Å². The van der Waals surface area contributed by atoms with Crippen molar-refractivity contribution in [2.45, 2.75) is 39.0 Å². The number of rotatable bonds is 3. The Morgan fingerprint density at radius 3 is 2.75 bits per heavy atom. The van der Waals surface area contributed by atoms with Crippen LogP contribution in [0.25, 0.3) is 11.3 Å². The van der Waals surface area contributed by atoms with Crippen molar-refractivity contribution in [1.82, 2.24) is 5.16 Å². The SMILES string of the molecule is CCc1c(-c2ccc3c(c2)CCCC3)noc1C(=O)O. The summed E-state index contributed by atoms with van der Waals surface area (Å²) in [4.78, 5) is 11.1. The van der Waals surface area contributed by atoms with Gasteiger partial charge in [0.2, 0.25) is 5.76 Å². The van der Waals surface area contributed by atoms with Crippen LogP contribution in [0.3, 0.4) is 0 Å². The van der Waals surface area contributed by atoms with Crippen LogP contribution in [0.4, 0.5) is 0 Å². The number of aromatic carboxylic acids is 1. The number of benzene rings is 1. The van der Waals surface area contributed by atoms with Gasteiger partial charge in [0.25, 0.3) is 0 Å². The number of carboxylic acid groups (broad SMARTS) is 1. The number of aryl methyl sites for hydroxylation is 2. The Bertz CT molecular complexity index is 658. The van der Waals surface area contributed by atoms with E-state index in [0.717, 1.165) is 18.4 Å². The molecule has 0 spiro atoms. The minimum Gasteiger partial charge on any atom is -0.475 e. The van der Waals surface area contributed by atoms with Crippen molar-refractivity contribution in [3.63, 3.8) is 0 Å². The topological polar surface area (TPSA) is 63.3 Å². The van der Waals surface area contributed by atoms with Crippen molar-refractivity contribution in [2.75, 3.05) is 0 Å². The van der Waals surface area contributed by atoms with Crippen LogP contribution in [0.15, 0.2) is 22.7 Å². The third-order valence-electron chi connectivity index (χ3n) is 3.96. The highest BCUT2D eigenvalue weighted by Gasteiger charge is 2.22. The minimum atomic E-state index is -1.06. The van der Waals surface area contributed by atoms with Crippen molar-refractivity contribution in [3.05, 3.63) is 40.6 Å². The summed E-state index contributed by atoms with van der Waals surface area (Å²) in [6.07, 6.45) is 5.29. The van der Waals surface area contributed by atoms with Gasteiger partial charge in [-0.15, -0.1) is 0 Å². The van der Waals surface area contributed by atoms with E-state index in [4.69, 9.17) is 9.63 Å². The maximum absolute atomic E-state index is 11.1. The molecule has 0 fully saturated rings. The molecule has 4 nitrogen and oxygen atoms in total. The normalized spacial score (nSPS) is 14.1. The predicted octanol–water partition coefficient (Wildman–Crippen LogP) is 3.48. The standard InChI is InChI=1S/C16H17NO3/c1-2-13-14(17-20-15(13)16(18)19)12-8-7-10-5-3-4-6-11(10)9-12/h7-9H,2-6H2,1H3,(H,18,19). The molecule has 20 heavy (non-hydrogen) atoms. The number of fused-ring (bicyclic) bond motifs is 1. The number of carboxylic acids is 1. The molecule has 0 radical (unpaired) electrons. The molecule has 104 valence electrons. The first kappa shape index (κ1) is 12.9. The van der Waals surface area contributed by atoms with Crippen molar-refractivity contribution in [1.29, 1.82) is 0 Å². The molecular weight excluding hydrogens is 254 g/mol. The maximum atomic E-state index is 11.1. The van der Waals surface area contributed by atoms with Gasteiger partial charge in [0.05, 0.1) is 0 Å². The third kappa shape index (κ3) is 2.11. The van der Waals surface area contributed by atoms with Gasteiger partial charge in [0.15, 0.2) is 0 Å². The molecular formula is C16H17NO3. The first-order chi connectivity index (χ1) is 9.70. The Hall–Kier alpha value is -2.10. The monoisotopic (exact) mass is 271 g/mol. The maximum Gasteiger partial charge on any atom is 0.375 e. The van der Waals surface area contributed by atoms with E-state index in [1.807, 2.05) is 13.0 Å². The van der Waals surface area contributed by atoms with Crippen LogP contribution in [0.5, 0.6) is 0 Å². The van der Waals surface area contributed by atoms with Gasteiger partial charge in [-0.3, -0.25) is 0 Å². The summed E-state index contributed by atoms with van der Waals surface area (Å²) in [7, 11) is 0. The van der Waals surface area contributed by atoms with Gasteiger partial charge >= 0.3 is 5.97 Å². The lowest BCUT2D eigenvalue weighted by atomic mass is 9.89. The smallest absolute Gasteiger partial charge is 0.375 e. The summed E-state index contributed by atoms with van der Waals surface area (Å²) in [5, 5.41) is 13.1. The highest BCUT2D eigenvalue weighted by molar-refractivity contribution is 5.88. The zero-order chi connectivity index (χ0) is 14.1. The molecule has 4 heteroatoms. The third-order valence-corrected chi connectivity index (χ3v) is 3.96. The molecule has 1 N–H and O–H groups in total. The second kappa shape index (κ2) is 5.12. The second-order valence-electron chi connectivity index (χ2n) is 5.19. The molecule has 3 rings (SSSR count). The molecule has 2 aromatic rings. The fourth-order valence-electron chi connectivity index (χ4n) is 2.91. The van der Waals surface area contributed by atoms with Crippen molar-refractivity contribution < 1.29 is 14.4 Å². The van der Waals surface area contributed by atoms with E-state index in [0.29, 0.717) is 17.7 Å². The molecule has 0 aliphatic heterocycles. The zero-order valence-electron chi connectivity index (χ0n) is 11.5. The molecule has 0 unspecified atom stereocenters. The van der Waals surface area contributed by atoms with E-state index >= 15 is 0 Å². The molecule has 1 heterocycles. The quantitative estimate of drug-likeness (QED) is 0.928. The Morgan fingerprint density at radius 2 is 2.05 bits per heavy atom. The Kier molecular flexibility index (Phi) is 3.30.